The summed E-state index contributed by atoms with van der Waals surface area (Å²) in [6, 6.07) is 17.0. The summed E-state index contributed by atoms with van der Waals surface area (Å²) in [4.78, 5) is 7.07. The number of benzene rings is 2. The average molecular weight is 474 g/mol. The summed E-state index contributed by atoms with van der Waals surface area (Å²) in [5.74, 6) is 0.802. The van der Waals surface area contributed by atoms with Gasteiger partial charge in [-0.1, -0.05) is 42.0 Å². The van der Waals surface area contributed by atoms with Gasteiger partial charge in [0.15, 0.2) is 0 Å². The van der Waals surface area contributed by atoms with Crippen LogP contribution in [0.25, 0.3) is 10.2 Å². The maximum absolute atomic E-state index is 11.4. The predicted octanol–water partition coefficient (Wildman–Crippen LogP) is 4.94. The van der Waals surface area contributed by atoms with E-state index >= 15 is 0 Å². The van der Waals surface area contributed by atoms with Crippen molar-refractivity contribution in [3.05, 3.63) is 54.1 Å². The Labute approximate surface area is 194 Å². The molecule has 0 spiro atoms. The van der Waals surface area contributed by atoms with Gasteiger partial charge in [0, 0.05) is 12.6 Å². The van der Waals surface area contributed by atoms with E-state index in [1.54, 1.807) is 18.3 Å². The van der Waals surface area contributed by atoms with Crippen LogP contribution < -0.4 is 9.88 Å². The van der Waals surface area contributed by atoms with Crippen molar-refractivity contribution in [1.82, 2.24) is 9.88 Å². The Hall–Kier alpha value is -2.00. The molecule has 1 heterocycles. The van der Waals surface area contributed by atoms with Gasteiger partial charge in [-0.3, -0.25) is 0 Å². The van der Waals surface area contributed by atoms with Gasteiger partial charge < -0.3 is 9.64 Å². The summed E-state index contributed by atoms with van der Waals surface area (Å²) < 4.78 is 29.8. The molecule has 1 aliphatic rings. The highest BCUT2D eigenvalue weighted by atomic mass is 32.2. The molecule has 1 unspecified atom stereocenters. The van der Waals surface area contributed by atoms with E-state index in [2.05, 4.69) is 28.1 Å². The van der Waals surface area contributed by atoms with Gasteiger partial charge in [-0.25, -0.2) is 18.5 Å². The molecule has 0 aliphatic heterocycles. The predicted molar refractivity (Wildman–Crippen MR) is 131 cm³/mol. The number of unbranched alkanes of at least 4 members (excludes halogenated alkanes) is 1. The van der Waals surface area contributed by atoms with Crippen LogP contribution in [0, 0.1) is 0 Å². The first kappa shape index (κ1) is 23.2. The number of nitrogens with zero attached hydrogens (tertiary/aromatic N) is 2. The summed E-state index contributed by atoms with van der Waals surface area (Å²) in [6.45, 7) is 3.73. The number of thiazole rings is 1. The average Bonchev–Trinajstić information content (AvgIpc) is 3.52. The number of aromatic nitrogens is 1. The topological polar surface area (TPSA) is 85.5 Å². The maximum atomic E-state index is 11.4. The number of ether oxygens (including phenoxy) is 1. The normalized spacial score (nSPS) is 15.3. The summed E-state index contributed by atoms with van der Waals surface area (Å²) in [5.41, 5.74) is 2.25. The van der Waals surface area contributed by atoms with Crippen LogP contribution in [-0.4, -0.2) is 42.7 Å². The van der Waals surface area contributed by atoms with Gasteiger partial charge in [0.25, 0.3) is 5.19 Å². The Morgan fingerprint density at radius 1 is 1.12 bits per heavy atom. The molecule has 2 N–H and O–H groups in total. The lowest BCUT2D eigenvalue weighted by Crippen LogP contribution is -2.30. The van der Waals surface area contributed by atoms with Crippen molar-refractivity contribution in [3.8, 4) is 10.9 Å². The first-order valence-corrected chi connectivity index (χ1v) is 13.7. The summed E-state index contributed by atoms with van der Waals surface area (Å²) >= 11 is 1.55. The van der Waals surface area contributed by atoms with Gasteiger partial charge in [-0.05, 0) is 75.4 Å². The van der Waals surface area contributed by atoms with Crippen molar-refractivity contribution < 1.29 is 13.2 Å². The highest BCUT2D eigenvalue weighted by Gasteiger charge is 2.28. The zero-order valence-corrected chi connectivity index (χ0v) is 20.1. The van der Waals surface area contributed by atoms with Crippen LogP contribution in [0.2, 0.25) is 0 Å². The van der Waals surface area contributed by atoms with Crippen molar-refractivity contribution in [2.75, 3.05) is 13.1 Å². The lowest BCUT2D eigenvalue weighted by atomic mass is 10.1. The fraction of sp³-hybridized carbons (Fsp3) is 0.458. The third-order valence-electron chi connectivity index (χ3n) is 6.02. The van der Waals surface area contributed by atoms with Gasteiger partial charge in [0.1, 0.15) is 5.75 Å². The van der Waals surface area contributed by atoms with Crippen molar-refractivity contribution >= 4 is 31.6 Å². The summed E-state index contributed by atoms with van der Waals surface area (Å²) in [6.07, 6.45) is 6.05. The number of hydrogen-bond acceptors (Lipinski definition) is 6. The van der Waals surface area contributed by atoms with E-state index in [1.165, 1.54) is 18.4 Å². The molecule has 8 heteroatoms. The number of primary sulfonamides is 1. The van der Waals surface area contributed by atoms with E-state index in [9.17, 15) is 8.42 Å². The molecule has 1 saturated carbocycles. The Morgan fingerprint density at radius 3 is 2.56 bits per heavy atom. The molecular formula is C24H31N3O3S2. The number of sulfonamides is 1. The fourth-order valence-corrected chi connectivity index (χ4v) is 5.15. The van der Waals surface area contributed by atoms with E-state index in [-0.39, 0.29) is 0 Å². The molecule has 2 aromatic carbocycles. The number of hydrogen-bond donors (Lipinski definition) is 1. The van der Waals surface area contributed by atoms with Gasteiger partial charge in [-0.2, -0.15) is 0 Å². The van der Waals surface area contributed by atoms with Crippen LogP contribution >= 0.6 is 11.3 Å². The van der Waals surface area contributed by atoms with Crippen LogP contribution in [0.3, 0.4) is 0 Å². The monoisotopic (exact) mass is 473 g/mol. The van der Waals surface area contributed by atoms with Crippen molar-refractivity contribution in [2.45, 2.75) is 56.7 Å². The smallest absolute Gasteiger partial charge is 0.279 e. The fourth-order valence-electron chi connectivity index (χ4n) is 3.82. The number of para-hydroxylation sites is 1. The first-order valence-electron chi connectivity index (χ1n) is 11.3. The van der Waals surface area contributed by atoms with Gasteiger partial charge >= 0.3 is 0 Å². The van der Waals surface area contributed by atoms with Gasteiger partial charge in [-0.15, -0.1) is 0 Å². The molecule has 3 aromatic rings. The lowest BCUT2D eigenvalue weighted by Gasteiger charge is -2.22. The van der Waals surface area contributed by atoms with Crippen molar-refractivity contribution in [1.29, 1.82) is 0 Å². The Morgan fingerprint density at radius 2 is 1.88 bits per heavy atom. The second-order valence-electron chi connectivity index (χ2n) is 8.61. The molecular weight excluding hydrogens is 442 g/mol. The van der Waals surface area contributed by atoms with E-state index < -0.39 is 15.3 Å². The van der Waals surface area contributed by atoms with Crippen LogP contribution in [0.4, 0.5) is 0 Å². The van der Waals surface area contributed by atoms with Crippen LogP contribution in [0.5, 0.6) is 10.9 Å². The largest absolute Gasteiger partial charge is 0.431 e. The number of nitrogens with two attached hydrogens (primary N) is 1. The standard InChI is InChI=1S/C24H31N3O3S2/c1-18(32(25,28)29)6-4-5-16-27(20-11-12-20)17-15-19-9-13-21(14-10-19)30-24-26-22-7-2-3-8-23(22)31-24/h2-3,7-10,13-14,18,20H,4-6,11-12,15-17H2,1H3,(H2,25,28,29). The van der Waals surface area contributed by atoms with Crippen LogP contribution in [0.15, 0.2) is 48.5 Å². The molecule has 0 saturated heterocycles. The van der Waals surface area contributed by atoms with Gasteiger partial charge in [0.2, 0.25) is 10.0 Å². The van der Waals surface area contributed by atoms with E-state index in [1.807, 2.05) is 30.3 Å². The SMILES string of the molecule is CC(CCCCN(CCc1ccc(Oc2nc3ccccc3s2)cc1)C1CC1)S(N)(=O)=O. The molecule has 32 heavy (non-hydrogen) atoms. The Bertz CT molecular complexity index is 1090. The lowest BCUT2D eigenvalue weighted by molar-refractivity contribution is 0.260. The molecule has 4 rings (SSSR count). The molecule has 1 aromatic heterocycles. The molecule has 172 valence electrons. The summed E-state index contributed by atoms with van der Waals surface area (Å²) in [5, 5.41) is 5.42. The molecule has 0 bridgehead atoms. The zero-order chi connectivity index (χ0) is 22.6. The second kappa shape index (κ2) is 10.3. The van der Waals surface area contributed by atoms with Crippen LogP contribution in [-0.2, 0) is 16.4 Å². The summed E-state index contributed by atoms with van der Waals surface area (Å²) in [7, 11) is -3.41. The third kappa shape index (κ3) is 6.51. The second-order valence-corrected chi connectivity index (χ2v) is 11.6. The van der Waals surface area contributed by atoms with E-state index in [4.69, 9.17) is 9.88 Å². The van der Waals surface area contributed by atoms with Crippen LogP contribution in [0.1, 0.15) is 44.6 Å². The minimum Gasteiger partial charge on any atom is -0.431 e. The molecule has 1 aliphatic carbocycles. The minimum absolute atomic E-state index is 0.458. The molecule has 1 atom stereocenters. The zero-order valence-electron chi connectivity index (χ0n) is 18.4. The molecule has 0 radical (unpaired) electrons. The van der Waals surface area contributed by atoms with E-state index in [0.717, 1.165) is 48.3 Å². The number of rotatable bonds is 12. The quantitative estimate of drug-likeness (QED) is 0.377. The highest BCUT2D eigenvalue weighted by Crippen LogP contribution is 2.31. The third-order valence-corrected chi connectivity index (χ3v) is 8.29. The highest BCUT2D eigenvalue weighted by molar-refractivity contribution is 7.89. The number of fused-ring (bicyclic) bond motifs is 1. The molecule has 1 fully saturated rings. The van der Waals surface area contributed by atoms with Crippen molar-refractivity contribution in [2.24, 2.45) is 5.14 Å². The van der Waals surface area contributed by atoms with E-state index in [0.29, 0.717) is 17.7 Å². The maximum Gasteiger partial charge on any atom is 0.279 e. The first-order chi connectivity index (χ1) is 15.4. The van der Waals surface area contributed by atoms with Crippen molar-refractivity contribution in [3.63, 3.8) is 0 Å². The molecule has 6 nitrogen and oxygen atoms in total. The Balaban J connectivity index is 1.24. The molecule has 0 amide bonds. The van der Waals surface area contributed by atoms with Gasteiger partial charge in [0.05, 0.1) is 15.5 Å². The Kier molecular flexibility index (Phi) is 7.45. The minimum atomic E-state index is -3.41.